The van der Waals surface area contributed by atoms with Gasteiger partial charge in [-0.15, -0.1) is 23.2 Å². The summed E-state index contributed by atoms with van der Waals surface area (Å²) in [5.41, 5.74) is 1.01. The van der Waals surface area contributed by atoms with Crippen molar-refractivity contribution < 1.29 is 24.5 Å². The van der Waals surface area contributed by atoms with Crippen LogP contribution in [0.1, 0.15) is 86.6 Å². The molecule has 1 heterocycles. The van der Waals surface area contributed by atoms with Gasteiger partial charge >= 0.3 is 0 Å². The highest BCUT2D eigenvalue weighted by atomic mass is 35.5. The number of aromatic hydroxyl groups is 2. The summed E-state index contributed by atoms with van der Waals surface area (Å²) in [6.07, 6.45) is 5.53. The van der Waals surface area contributed by atoms with Crippen molar-refractivity contribution in [3.63, 3.8) is 0 Å². The molecule has 7 nitrogen and oxygen atoms in total. The molecule has 1 aromatic rings. The molecule has 1 saturated heterocycles. The zero-order valence-electron chi connectivity index (χ0n) is 21.0. The number of ether oxygens (including phenoxy) is 1. The van der Waals surface area contributed by atoms with Gasteiger partial charge in [-0.1, -0.05) is 23.3 Å². The van der Waals surface area contributed by atoms with Crippen molar-refractivity contribution >= 4 is 40.5 Å². The summed E-state index contributed by atoms with van der Waals surface area (Å²) in [7, 11) is 0. The van der Waals surface area contributed by atoms with Gasteiger partial charge in [0.1, 0.15) is 22.1 Å². The van der Waals surface area contributed by atoms with Crippen LogP contribution in [0.15, 0.2) is 23.3 Å². The van der Waals surface area contributed by atoms with E-state index >= 15 is 0 Å². The predicted octanol–water partition coefficient (Wildman–Crippen LogP) is 5.68. The van der Waals surface area contributed by atoms with E-state index in [1.807, 2.05) is 26.8 Å². The highest BCUT2D eigenvalue weighted by molar-refractivity contribution is 6.46. The number of phenolic OH excluding ortho intramolecular Hbond substituents is 2. The van der Waals surface area contributed by atoms with Crippen molar-refractivity contribution in [2.75, 3.05) is 5.43 Å². The molecule has 0 spiro atoms. The topological polar surface area (TPSA) is 122 Å². The van der Waals surface area contributed by atoms with Gasteiger partial charge in [0.2, 0.25) is 0 Å². The third-order valence-electron chi connectivity index (χ3n) is 7.13. The lowest BCUT2D eigenvalue weighted by Crippen LogP contribution is -2.72. The SMILES string of the molecule is CC(C)=CCCC(C)=CCC12OC(C)(C)C(Cl)CC1(Cl)C(=O)c1c(O)c(C)c(O)c(NN)c1C2=O. The third-order valence-corrected chi connectivity index (χ3v) is 8.44. The van der Waals surface area contributed by atoms with E-state index in [9.17, 15) is 19.8 Å². The molecule has 0 saturated carbocycles. The van der Waals surface area contributed by atoms with Crippen LogP contribution in [-0.4, -0.2) is 43.2 Å². The first-order valence-electron chi connectivity index (χ1n) is 11.6. The Hall–Kier alpha value is -2.06. The quantitative estimate of drug-likeness (QED) is 0.0942. The molecule has 3 rings (SSSR count). The molecule has 35 heavy (non-hydrogen) atoms. The first kappa shape index (κ1) is 27.5. The van der Waals surface area contributed by atoms with Gasteiger partial charge in [-0.2, -0.15) is 0 Å². The summed E-state index contributed by atoms with van der Waals surface area (Å²) in [5.74, 6) is 3.36. The van der Waals surface area contributed by atoms with Crippen LogP contribution in [-0.2, 0) is 4.74 Å². The van der Waals surface area contributed by atoms with Crippen molar-refractivity contribution in [3.05, 3.63) is 40.0 Å². The summed E-state index contributed by atoms with van der Waals surface area (Å²) in [6.45, 7) is 10.9. The smallest absolute Gasteiger partial charge is 0.200 e. The summed E-state index contributed by atoms with van der Waals surface area (Å²) in [5, 5.41) is 20.7. The molecular weight excluding hydrogens is 491 g/mol. The average Bonchev–Trinajstić information content (AvgIpc) is 2.77. The maximum Gasteiger partial charge on any atom is 0.200 e. The number of nitrogens with one attached hydrogen (secondary N) is 1. The Morgan fingerprint density at radius 3 is 2.34 bits per heavy atom. The maximum absolute atomic E-state index is 14.3. The fraction of sp³-hybridized carbons (Fsp3) is 0.538. The van der Waals surface area contributed by atoms with Gasteiger partial charge < -0.3 is 20.4 Å². The molecule has 1 fully saturated rings. The van der Waals surface area contributed by atoms with Crippen LogP contribution in [0, 0.1) is 6.92 Å². The van der Waals surface area contributed by atoms with E-state index in [4.69, 9.17) is 33.8 Å². The molecule has 3 atom stereocenters. The van der Waals surface area contributed by atoms with Crippen LogP contribution in [0.2, 0.25) is 0 Å². The zero-order valence-corrected chi connectivity index (χ0v) is 22.5. The van der Waals surface area contributed by atoms with Crippen LogP contribution in [0.5, 0.6) is 11.5 Å². The lowest BCUT2D eigenvalue weighted by atomic mass is 9.63. The minimum atomic E-state index is -1.87. The molecule has 1 aliphatic heterocycles. The van der Waals surface area contributed by atoms with E-state index < -0.39 is 44.5 Å². The van der Waals surface area contributed by atoms with E-state index in [1.54, 1.807) is 13.8 Å². The second kappa shape index (κ2) is 9.43. The van der Waals surface area contributed by atoms with Crippen LogP contribution < -0.4 is 11.3 Å². The third kappa shape index (κ3) is 4.26. The molecule has 5 N–H and O–H groups in total. The zero-order chi connectivity index (χ0) is 26.5. The number of carbonyl (C=O) groups excluding carboxylic acids is 2. The number of halogens is 2. The van der Waals surface area contributed by atoms with Crippen LogP contribution in [0.4, 0.5) is 5.69 Å². The highest BCUT2D eigenvalue weighted by Gasteiger charge is 2.70. The second-order valence-corrected chi connectivity index (χ2v) is 11.5. The van der Waals surface area contributed by atoms with Crippen molar-refractivity contribution in [3.8, 4) is 11.5 Å². The summed E-state index contributed by atoms with van der Waals surface area (Å²) >= 11 is 13.7. The van der Waals surface area contributed by atoms with Gasteiger partial charge in [0.15, 0.2) is 17.2 Å². The van der Waals surface area contributed by atoms with Gasteiger partial charge in [-0.3, -0.25) is 15.4 Å². The van der Waals surface area contributed by atoms with E-state index in [0.717, 1.165) is 18.4 Å². The molecule has 1 aliphatic carbocycles. The lowest BCUT2D eigenvalue weighted by molar-refractivity contribution is -0.157. The standard InChI is InChI=1S/C26H34Cl2N2O5/c1-13(2)8-7-9-14(3)10-11-26-23(34)17-18(20(31)15(4)21(32)19(17)30-29)22(33)25(26,28)12-16(27)24(5,6)35-26/h8,10,16,30-32H,7,9,11-12,29H2,1-6H3. The van der Waals surface area contributed by atoms with Crippen molar-refractivity contribution in [1.82, 2.24) is 0 Å². The molecule has 192 valence electrons. The summed E-state index contributed by atoms with van der Waals surface area (Å²) < 4.78 is 6.40. The number of fused-ring (bicyclic) bond motifs is 2. The first-order chi connectivity index (χ1) is 16.1. The Bertz CT molecular complexity index is 1140. The number of allylic oxidation sites excluding steroid dienone is 3. The number of hydrogen-bond donors (Lipinski definition) is 4. The minimum absolute atomic E-state index is 0.000102. The Balaban J connectivity index is 2.26. The first-order valence-corrected chi connectivity index (χ1v) is 12.4. The predicted molar refractivity (Wildman–Crippen MR) is 139 cm³/mol. The van der Waals surface area contributed by atoms with E-state index in [0.29, 0.717) is 0 Å². The number of benzene rings is 1. The Morgan fingerprint density at radius 1 is 1.14 bits per heavy atom. The number of ketones is 2. The normalized spacial score (nSPS) is 27.8. The van der Waals surface area contributed by atoms with Crippen LogP contribution in [0.3, 0.4) is 0 Å². The summed E-state index contributed by atoms with van der Waals surface area (Å²) in [6, 6.07) is 0. The number of nitrogens with two attached hydrogens (primary N) is 1. The van der Waals surface area contributed by atoms with Gasteiger partial charge in [0.25, 0.3) is 0 Å². The van der Waals surface area contributed by atoms with Gasteiger partial charge in [0, 0.05) is 12.0 Å². The molecule has 0 aromatic heterocycles. The molecule has 0 radical (unpaired) electrons. The molecule has 3 unspecified atom stereocenters. The maximum atomic E-state index is 14.3. The highest BCUT2D eigenvalue weighted by Crippen LogP contribution is 2.58. The number of anilines is 1. The number of hydrogen-bond acceptors (Lipinski definition) is 7. The van der Waals surface area contributed by atoms with Gasteiger partial charge in [-0.25, -0.2) is 0 Å². The molecule has 0 amide bonds. The molecule has 0 bridgehead atoms. The average molecular weight is 525 g/mol. The molecule has 1 aromatic carbocycles. The Morgan fingerprint density at radius 2 is 1.77 bits per heavy atom. The fourth-order valence-corrected chi connectivity index (χ4v) is 5.70. The molecular formula is C26H34Cl2N2O5. The molecule has 9 heteroatoms. The largest absolute Gasteiger partial charge is 0.507 e. The number of rotatable bonds is 6. The van der Waals surface area contributed by atoms with E-state index in [1.165, 1.54) is 12.5 Å². The van der Waals surface area contributed by atoms with Crippen LogP contribution in [0.25, 0.3) is 0 Å². The van der Waals surface area contributed by atoms with Crippen LogP contribution >= 0.6 is 23.2 Å². The van der Waals surface area contributed by atoms with Crippen molar-refractivity contribution in [1.29, 1.82) is 0 Å². The van der Waals surface area contributed by atoms with Gasteiger partial charge in [0.05, 0.1) is 22.1 Å². The minimum Gasteiger partial charge on any atom is -0.507 e. The number of carbonyl (C=O) groups is 2. The van der Waals surface area contributed by atoms with Crippen molar-refractivity contribution in [2.24, 2.45) is 5.84 Å². The lowest BCUT2D eigenvalue weighted by Gasteiger charge is -2.56. The summed E-state index contributed by atoms with van der Waals surface area (Å²) in [4.78, 5) is 26.4. The number of phenols is 2. The van der Waals surface area contributed by atoms with Crippen molar-refractivity contribution in [2.45, 2.75) is 88.7 Å². The van der Waals surface area contributed by atoms with Gasteiger partial charge in [-0.05, 0) is 60.8 Å². The second-order valence-electron chi connectivity index (χ2n) is 10.3. The van der Waals surface area contributed by atoms with E-state index in [-0.39, 0.29) is 35.2 Å². The van der Waals surface area contributed by atoms with E-state index in [2.05, 4.69) is 11.5 Å². The fourth-order valence-electron chi connectivity index (χ4n) is 4.90. The number of Topliss-reactive ketones (excluding diaryl/α,β-unsaturated/α-hetero) is 2. The number of hydrazine groups is 1. The monoisotopic (exact) mass is 524 g/mol. The Kier molecular flexibility index (Phi) is 7.42. The number of nitrogen functional groups attached to an aromatic ring is 1. The Labute approximate surface area is 216 Å². The molecule has 2 aliphatic rings. The number of alkyl halides is 2.